The molecule has 10 heteroatoms. The van der Waals surface area contributed by atoms with E-state index in [1.165, 1.54) is 25.3 Å². The summed E-state index contributed by atoms with van der Waals surface area (Å²) in [5.74, 6) is -2.15. The summed E-state index contributed by atoms with van der Waals surface area (Å²) >= 11 is 5.72. The average Bonchev–Trinajstić information content (AvgIpc) is 3.13. The molecule has 2 aromatic carbocycles. The molecule has 1 fully saturated rings. The quantitative estimate of drug-likeness (QED) is 0.663. The van der Waals surface area contributed by atoms with Crippen molar-refractivity contribution in [2.45, 2.75) is 6.18 Å². The first-order chi connectivity index (χ1) is 14.6. The molecule has 2 aromatic rings. The lowest BCUT2D eigenvalue weighted by Crippen LogP contribution is -2.31. The molecule has 1 amide bonds. The van der Waals surface area contributed by atoms with E-state index in [2.05, 4.69) is 5.32 Å². The van der Waals surface area contributed by atoms with Gasteiger partial charge in [0.1, 0.15) is 5.82 Å². The average molecular weight is 456 g/mol. The van der Waals surface area contributed by atoms with Gasteiger partial charge in [-0.05, 0) is 36.4 Å². The van der Waals surface area contributed by atoms with Crippen LogP contribution >= 0.6 is 11.6 Å². The molecule has 1 N–H and O–H groups in total. The van der Waals surface area contributed by atoms with Crippen molar-refractivity contribution in [1.82, 2.24) is 0 Å². The van der Waals surface area contributed by atoms with Gasteiger partial charge >= 0.3 is 6.18 Å². The zero-order chi connectivity index (χ0) is 22.8. The van der Waals surface area contributed by atoms with Gasteiger partial charge in [0.2, 0.25) is 5.91 Å². The molecular formula is C21H18ClF4N3O2. The van der Waals surface area contributed by atoms with Crippen molar-refractivity contribution in [2.75, 3.05) is 37.0 Å². The van der Waals surface area contributed by atoms with Crippen molar-refractivity contribution in [3.05, 3.63) is 58.4 Å². The number of ether oxygens (including phenoxy) is 1. The molecule has 0 unspecified atom stereocenters. The van der Waals surface area contributed by atoms with Crippen LogP contribution in [0.25, 0.3) is 0 Å². The number of anilines is 2. The molecule has 1 saturated heterocycles. The van der Waals surface area contributed by atoms with Crippen LogP contribution in [0.5, 0.6) is 0 Å². The van der Waals surface area contributed by atoms with Gasteiger partial charge in [-0.15, -0.1) is 0 Å². The Labute approximate surface area is 181 Å². The van der Waals surface area contributed by atoms with Crippen LogP contribution in [0.2, 0.25) is 5.02 Å². The fourth-order valence-corrected chi connectivity index (χ4v) is 3.80. The van der Waals surface area contributed by atoms with Crippen molar-refractivity contribution in [1.29, 1.82) is 5.26 Å². The van der Waals surface area contributed by atoms with Crippen molar-refractivity contribution >= 4 is 28.9 Å². The summed E-state index contributed by atoms with van der Waals surface area (Å²) in [5.41, 5.74) is -1.31. The minimum absolute atomic E-state index is 0.0400. The van der Waals surface area contributed by atoms with E-state index in [9.17, 15) is 22.4 Å². The van der Waals surface area contributed by atoms with E-state index < -0.39 is 34.9 Å². The number of hydrogen-bond donors (Lipinski definition) is 1. The highest BCUT2D eigenvalue weighted by atomic mass is 35.5. The number of nitriles is 1. The van der Waals surface area contributed by atoms with Crippen LogP contribution < -0.4 is 10.2 Å². The highest BCUT2D eigenvalue weighted by Crippen LogP contribution is 2.37. The molecule has 0 saturated carbocycles. The van der Waals surface area contributed by atoms with E-state index in [-0.39, 0.29) is 42.0 Å². The van der Waals surface area contributed by atoms with E-state index >= 15 is 0 Å². The van der Waals surface area contributed by atoms with Crippen molar-refractivity contribution in [2.24, 2.45) is 11.8 Å². The van der Waals surface area contributed by atoms with Crippen LogP contribution in [0.4, 0.5) is 28.9 Å². The smallest absolute Gasteiger partial charge is 0.384 e. The summed E-state index contributed by atoms with van der Waals surface area (Å²) in [6.07, 6.45) is -4.68. The summed E-state index contributed by atoms with van der Waals surface area (Å²) in [4.78, 5) is 14.5. The summed E-state index contributed by atoms with van der Waals surface area (Å²) in [5, 5.41) is 11.7. The summed E-state index contributed by atoms with van der Waals surface area (Å²) in [7, 11) is 1.46. The Hall–Kier alpha value is -2.83. The molecule has 3 rings (SSSR count). The number of alkyl halides is 3. The predicted molar refractivity (Wildman–Crippen MR) is 107 cm³/mol. The zero-order valence-corrected chi connectivity index (χ0v) is 17.1. The third-order valence-corrected chi connectivity index (χ3v) is 5.38. The van der Waals surface area contributed by atoms with Gasteiger partial charge in [-0.25, -0.2) is 4.39 Å². The van der Waals surface area contributed by atoms with Crippen LogP contribution in [0.1, 0.15) is 11.1 Å². The number of hydrogen-bond acceptors (Lipinski definition) is 4. The molecule has 164 valence electrons. The van der Waals surface area contributed by atoms with Gasteiger partial charge in [-0.1, -0.05) is 11.6 Å². The second kappa shape index (κ2) is 9.12. The third-order valence-electron chi connectivity index (χ3n) is 5.14. The normalized spacial score (nSPS) is 18.7. The Kier molecular flexibility index (Phi) is 6.72. The van der Waals surface area contributed by atoms with Crippen LogP contribution in [-0.2, 0) is 15.7 Å². The molecule has 5 nitrogen and oxygen atoms in total. The van der Waals surface area contributed by atoms with Gasteiger partial charge in [0, 0.05) is 36.8 Å². The van der Waals surface area contributed by atoms with Gasteiger partial charge in [0.25, 0.3) is 0 Å². The first kappa shape index (κ1) is 22.8. The van der Waals surface area contributed by atoms with Crippen molar-refractivity contribution < 1.29 is 27.1 Å². The van der Waals surface area contributed by atoms with E-state index in [4.69, 9.17) is 21.6 Å². The number of halogens is 5. The van der Waals surface area contributed by atoms with Crippen molar-refractivity contribution in [3.8, 4) is 6.07 Å². The maximum Gasteiger partial charge on any atom is 0.417 e. The molecule has 0 aromatic heterocycles. The van der Waals surface area contributed by atoms with Crippen LogP contribution in [-0.4, -0.2) is 32.7 Å². The molecule has 0 spiro atoms. The SMILES string of the molecule is COC[C@H]1CN(c2ccc(C#N)c(C(F)(F)F)c2)C[C@@H]1C(=O)Nc1ccc(Cl)cc1F. The van der Waals surface area contributed by atoms with Gasteiger partial charge in [-0.2, -0.15) is 18.4 Å². The lowest BCUT2D eigenvalue weighted by molar-refractivity contribution is -0.137. The lowest BCUT2D eigenvalue weighted by atomic mass is 9.96. The summed E-state index contributed by atoms with van der Waals surface area (Å²) < 4.78 is 59.2. The highest BCUT2D eigenvalue weighted by Gasteiger charge is 2.39. The van der Waals surface area contributed by atoms with Gasteiger partial charge in [-0.3, -0.25) is 4.79 Å². The number of carbonyl (C=O) groups excluding carboxylic acids is 1. The molecule has 2 atom stereocenters. The van der Waals surface area contributed by atoms with Crippen LogP contribution in [0, 0.1) is 29.0 Å². The molecule has 31 heavy (non-hydrogen) atoms. The molecule has 1 aliphatic rings. The maximum atomic E-state index is 14.0. The monoisotopic (exact) mass is 455 g/mol. The second-order valence-corrected chi connectivity index (χ2v) is 7.62. The van der Waals surface area contributed by atoms with E-state index in [1.807, 2.05) is 0 Å². The van der Waals surface area contributed by atoms with E-state index in [0.717, 1.165) is 18.2 Å². The maximum absolute atomic E-state index is 14.0. The Morgan fingerprint density at radius 1 is 1.29 bits per heavy atom. The Bertz CT molecular complexity index is 1020. The second-order valence-electron chi connectivity index (χ2n) is 7.18. The Morgan fingerprint density at radius 3 is 2.65 bits per heavy atom. The molecule has 1 aliphatic heterocycles. The standard InChI is InChI=1S/C21H18ClF4N3O2/c1-31-11-13-9-29(15-4-2-12(8-27)17(7-15)21(24,25)26)10-16(13)20(30)28-19-5-3-14(22)6-18(19)23/h2-7,13,16H,9-11H2,1H3,(H,28,30)/t13-,16+/m1/s1. The fourth-order valence-electron chi connectivity index (χ4n) is 3.64. The molecule has 0 radical (unpaired) electrons. The zero-order valence-electron chi connectivity index (χ0n) is 16.3. The van der Waals surface area contributed by atoms with Gasteiger partial charge in [0.05, 0.1) is 35.4 Å². The largest absolute Gasteiger partial charge is 0.417 e. The molecule has 1 heterocycles. The number of benzene rings is 2. The minimum Gasteiger partial charge on any atom is -0.384 e. The number of carbonyl (C=O) groups is 1. The van der Waals surface area contributed by atoms with Gasteiger partial charge in [0.15, 0.2) is 0 Å². The molecule has 0 aliphatic carbocycles. The first-order valence-electron chi connectivity index (χ1n) is 9.25. The van der Waals surface area contributed by atoms with Crippen LogP contribution in [0.15, 0.2) is 36.4 Å². The van der Waals surface area contributed by atoms with Crippen LogP contribution in [0.3, 0.4) is 0 Å². The van der Waals surface area contributed by atoms with E-state index in [1.54, 1.807) is 11.0 Å². The fraction of sp³-hybridized carbons (Fsp3) is 0.333. The van der Waals surface area contributed by atoms with Crippen molar-refractivity contribution in [3.63, 3.8) is 0 Å². The summed E-state index contributed by atoms with van der Waals surface area (Å²) in [6, 6.07) is 8.81. The Morgan fingerprint density at radius 2 is 2.03 bits per heavy atom. The predicted octanol–water partition coefficient (Wildman–Crippen LogP) is 4.71. The molecular weight excluding hydrogens is 438 g/mol. The third kappa shape index (κ3) is 5.09. The number of nitrogens with one attached hydrogen (secondary N) is 1. The first-order valence-corrected chi connectivity index (χ1v) is 9.63. The topological polar surface area (TPSA) is 65.4 Å². The number of nitrogens with zero attached hydrogens (tertiary/aromatic N) is 2. The van der Waals surface area contributed by atoms with Gasteiger partial charge < -0.3 is 15.0 Å². The Balaban J connectivity index is 1.84. The summed E-state index contributed by atoms with van der Waals surface area (Å²) in [6.45, 7) is 0.566. The number of rotatable bonds is 5. The molecule has 0 bridgehead atoms. The van der Waals surface area contributed by atoms with E-state index in [0.29, 0.717) is 0 Å². The highest BCUT2D eigenvalue weighted by molar-refractivity contribution is 6.30. The lowest BCUT2D eigenvalue weighted by Gasteiger charge is -2.20. The minimum atomic E-state index is -4.68. The number of methoxy groups -OCH3 is 1. The number of amides is 1.